The van der Waals surface area contributed by atoms with Crippen LogP contribution >= 0.6 is 15.9 Å². The summed E-state index contributed by atoms with van der Waals surface area (Å²) in [6, 6.07) is 10.6. The highest BCUT2D eigenvalue weighted by Gasteiger charge is 2.23. The van der Waals surface area contributed by atoms with Gasteiger partial charge in [0, 0.05) is 0 Å². The molecule has 0 aliphatic carbocycles. The van der Waals surface area contributed by atoms with Crippen molar-refractivity contribution in [3.8, 4) is 0 Å². The molecule has 1 aromatic carbocycles. The third-order valence-corrected chi connectivity index (χ3v) is 3.99. The molecule has 66 valence electrons. The summed E-state index contributed by atoms with van der Waals surface area (Å²) in [7, 11) is 0. The van der Waals surface area contributed by atoms with Gasteiger partial charge in [0.1, 0.15) is 0 Å². The van der Waals surface area contributed by atoms with E-state index >= 15 is 0 Å². The molecule has 1 rings (SSSR count). The topological polar surface area (TPSA) is 0 Å². The predicted octanol–water partition coefficient (Wildman–Crippen LogP) is 4.10. The first-order valence-electron chi connectivity index (χ1n) is 4.47. The Labute approximate surface area is 83.1 Å². The van der Waals surface area contributed by atoms with Gasteiger partial charge in [0.2, 0.25) is 0 Å². The number of halogens is 1. The van der Waals surface area contributed by atoms with Crippen molar-refractivity contribution in [1.82, 2.24) is 0 Å². The molecule has 0 aromatic heterocycles. The van der Waals surface area contributed by atoms with E-state index in [1.807, 2.05) is 0 Å². The molecule has 1 aromatic rings. The van der Waals surface area contributed by atoms with Crippen LogP contribution in [0.3, 0.4) is 0 Å². The molecule has 0 atom stereocenters. The molecule has 0 saturated heterocycles. The Bertz CT molecular complexity index is 224. The molecule has 0 radical (unpaired) electrons. The summed E-state index contributed by atoms with van der Waals surface area (Å²) >= 11 is 3.79. The first-order chi connectivity index (χ1) is 5.73. The maximum atomic E-state index is 3.79. The highest BCUT2D eigenvalue weighted by atomic mass is 79.9. The number of rotatable bonds is 3. The maximum Gasteiger partial charge on any atom is 0.0500 e. The molecule has 0 aliphatic rings. The second-order valence-electron chi connectivity index (χ2n) is 3.04. The Morgan fingerprint density at radius 3 is 2.00 bits per heavy atom. The zero-order chi connectivity index (χ0) is 9.03. The number of alkyl halides is 1. The van der Waals surface area contributed by atoms with Gasteiger partial charge in [-0.05, 0) is 18.4 Å². The number of hydrogen-bond acceptors (Lipinski definition) is 0. The standard InChI is InChI=1S/C11H15Br/c1-3-11(12,4-2)10-8-6-5-7-9-10/h5-9H,3-4H2,1-2H3. The van der Waals surface area contributed by atoms with Crippen LogP contribution in [0.15, 0.2) is 30.3 Å². The van der Waals surface area contributed by atoms with Crippen molar-refractivity contribution in [2.45, 2.75) is 31.0 Å². The third kappa shape index (κ3) is 1.89. The minimum absolute atomic E-state index is 0.189. The van der Waals surface area contributed by atoms with Gasteiger partial charge in [0.25, 0.3) is 0 Å². The zero-order valence-corrected chi connectivity index (χ0v) is 9.26. The molecule has 1 heteroatoms. The molecular weight excluding hydrogens is 212 g/mol. The molecule has 12 heavy (non-hydrogen) atoms. The fourth-order valence-electron chi connectivity index (χ4n) is 1.40. The van der Waals surface area contributed by atoms with Crippen molar-refractivity contribution in [3.63, 3.8) is 0 Å². The molecule has 0 N–H and O–H groups in total. The Kier molecular flexibility index (Phi) is 3.33. The molecular formula is C11H15Br. The van der Waals surface area contributed by atoms with Crippen LogP contribution < -0.4 is 0 Å². The van der Waals surface area contributed by atoms with Gasteiger partial charge in [-0.1, -0.05) is 60.1 Å². The fourth-order valence-corrected chi connectivity index (χ4v) is 1.66. The van der Waals surface area contributed by atoms with Crippen molar-refractivity contribution in [2.75, 3.05) is 0 Å². The van der Waals surface area contributed by atoms with Crippen LogP contribution in [0.25, 0.3) is 0 Å². The lowest BCUT2D eigenvalue weighted by Gasteiger charge is -2.24. The van der Waals surface area contributed by atoms with E-state index in [1.54, 1.807) is 0 Å². The van der Waals surface area contributed by atoms with Crippen LogP contribution in [0.1, 0.15) is 32.3 Å². The lowest BCUT2D eigenvalue weighted by molar-refractivity contribution is 0.594. The lowest BCUT2D eigenvalue weighted by atomic mass is 9.94. The van der Waals surface area contributed by atoms with Crippen LogP contribution in [-0.2, 0) is 4.32 Å². The van der Waals surface area contributed by atoms with Crippen molar-refractivity contribution >= 4 is 15.9 Å². The van der Waals surface area contributed by atoms with Crippen LogP contribution in [0, 0.1) is 0 Å². The molecule has 0 nitrogen and oxygen atoms in total. The molecule has 0 saturated carbocycles. The molecule has 0 aliphatic heterocycles. The molecule has 0 unspecified atom stereocenters. The molecule has 0 spiro atoms. The fraction of sp³-hybridized carbons (Fsp3) is 0.455. The number of hydrogen-bond donors (Lipinski definition) is 0. The van der Waals surface area contributed by atoms with E-state index in [1.165, 1.54) is 5.56 Å². The van der Waals surface area contributed by atoms with E-state index < -0.39 is 0 Å². The van der Waals surface area contributed by atoms with E-state index in [2.05, 4.69) is 60.1 Å². The van der Waals surface area contributed by atoms with Gasteiger partial charge in [0.05, 0.1) is 4.32 Å². The Hall–Kier alpha value is -0.300. The molecule has 0 bridgehead atoms. The van der Waals surface area contributed by atoms with Crippen LogP contribution in [0.2, 0.25) is 0 Å². The van der Waals surface area contributed by atoms with Gasteiger partial charge in [-0.2, -0.15) is 0 Å². The molecule has 0 heterocycles. The monoisotopic (exact) mass is 226 g/mol. The van der Waals surface area contributed by atoms with Gasteiger partial charge >= 0.3 is 0 Å². The first kappa shape index (κ1) is 9.79. The summed E-state index contributed by atoms with van der Waals surface area (Å²) in [5, 5.41) is 0. The maximum absolute atomic E-state index is 3.79. The normalized spacial score (nSPS) is 11.6. The van der Waals surface area contributed by atoms with Crippen molar-refractivity contribution < 1.29 is 0 Å². The molecule has 0 fully saturated rings. The van der Waals surface area contributed by atoms with Gasteiger partial charge in [-0.3, -0.25) is 0 Å². The first-order valence-corrected chi connectivity index (χ1v) is 5.26. The summed E-state index contributed by atoms with van der Waals surface area (Å²) in [6.07, 6.45) is 2.26. The van der Waals surface area contributed by atoms with Gasteiger partial charge in [-0.25, -0.2) is 0 Å². The average Bonchev–Trinajstić information content (AvgIpc) is 2.18. The van der Waals surface area contributed by atoms with Crippen LogP contribution in [-0.4, -0.2) is 0 Å². The summed E-state index contributed by atoms with van der Waals surface area (Å²) in [4.78, 5) is 0. The van der Waals surface area contributed by atoms with Crippen LogP contribution in [0.5, 0.6) is 0 Å². The quantitative estimate of drug-likeness (QED) is 0.682. The van der Waals surface area contributed by atoms with Crippen molar-refractivity contribution in [1.29, 1.82) is 0 Å². The van der Waals surface area contributed by atoms with Gasteiger partial charge in [-0.15, -0.1) is 0 Å². The Morgan fingerprint density at radius 1 is 1.08 bits per heavy atom. The van der Waals surface area contributed by atoms with E-state index in [9.17, 15) is 0 Å². The second kappa shape index (κ2) is 4.08. The SMILES string of the molecule is CCC(Br)(CC)c1ccccc1. The lowest BCUT2D eigenvalue weighted by Crippen LogP contribution is -2.14. The van der Waals surface area contributed by atoms with E-state index in [4.69, 9.17) is 0 Å². The average molecular weight is 227 g/mol. The highest BCUT2D eigenvalue weighted by Crippen LogP contribution is 2.37. The van der Waals surface area contributed by atoms with Crippen LogP contribution in [0.4, 0.5) is 0 Å². The highest BCUT2D eigenvalue weighted by molar-refractivity contribution is 9.09. The minimum Gasteiger partial charge on any atom is -0.0802 e. The second-order valence-corrected chi connectivity index (χ2v) is 4.56. The van der Waals surface area contributed by atoms with Gasteiger partial charge < -0.3 is 0 Å². The summed E-state index contributed by atoms with van der Waals surface area (Å²) < 4.78 is 0.189. The molecule has 0 amide bonds. The predicted molar refractivity (Wildman–Crippen MR) is 57.6 cm³/mol. The summed E-state index contributed by atoms with van der Waals surface area (Å²) in [5.41, 5.74) is 1.38. The van der Waals surface area contributed by atoms with Crippen molar-refractivity contribution in [3.05, 3.63) is 35.9 Å². The Balaban J connectivity index is 2.95. The Morgan fingerprint density at radius 2 is 1.58 bits per heavy atom. The van der Waals surface area contributed by atoms with Gasteiger partial charge in [0.15, 0.2) is 0 Å². The smallest absolute Gasteiger partial charge is 0.0500 e. The van der Waals surface area contributed by atoms with E-state index in [0.717, 1.165) is 12.8 Å². The van der Waals surface area contributed by atoms with E-state index in [-0.39, 0.29) is 4.32 Å². The summed E-state index contributed by atoms with van der Waals surface area (Å²) in [5.74, 6) is 0. The third-order valence-electron chi connectivity index (χ3n) is 2.41. The zero-order valence-electron chi connectivity index (χ0n) is 7.68. The minimum atomic E-state index is 0.189. The van der Waals surface area contributed by atoms with E-state index in [0.29, 0.717) is 0 Å². The summed E-state index contributed by atoms with van der Waals surface area (Å²) in [6.45, 7) is 4.43. The van der Waals surface area contributed by atoms with Crippen molar-refractivity contribution in [2.24, 2.45) is 0 Å². The largest absolute Gasteiger partial charge is 0.0802 e. The number of benzene rings is 1.